The lowest BCUT2D eigenvalue weighted by Gasteiger charge is -2.07. The molecule has 0 spiro atoms. The molecule has 0 atom stereocenters. The minimum Gasteiger partial charge on any atom is -0.299 e. The average molecular weight is 262 g/mol. The van der Waals surface area contributed by atoms with Gasteiger partial charge >= 0.3 is 0 Å². The van der Waals surface area contributed by atoms with Gasteiger partial charge in [0.1, 0.15) is 6.29 Å². The molecule has 2 aromatic carbocycles. The monoisotopic (exact) mass is 262 g/mol. The Morgan fingerprint density at radius 2 is 1.25 bits per heavy atom. The van der Waals surface area contributed by atoms with Crippen LogP contribution in [-0.2, 0) is 17.6 Å². The molecule has 1 nitrogen and oxygen atoms in total. The maximum absolute atomic E-state index is 10.4. The first-order valence-corrected chi connectivity index (χ1v) is 6.76. The Labute approximate surface area is 120 Å². The fourth-order valence-corrected chi connectivity index (χ4v) is 2.13. The van der Waals surface area contributed by atoms with Crippen molar-refractivity contribution >= 4 is 6.29 Å². The smallest absolute Gasteiger partial charge is 0.142 e. The van der Waals surface area contributed by atoms with E-state index < -0.39 is 0 Å². The Morgan fingerprint density at radius 3 is 1.70 bits per heavy atom. The van der Waals surface area contributed by atoms with E-state index in [1.807, 2.05) is 24.3 Å². The molecule has 0 unspecified atom stereocenters. The molecule has 0 bridgehead atoms. The highest BCUT2D eigenvalue weighted by molar-refractivity contribution is 5.65. The van der Waals surface area contributed by atoms with Gasteiger partial charge in [-0.2, -0.15) is 0 Å². The third-order valence-corrected chi connectivity index (χ3v) is 3.07. The predicted molar refractivity (Wildman–Crippen MR) is 83.6 cm³/mol. The van der Waals surface area contributed by atoms with Crippen molar-refractivity contribution in [2.24, 2.45) is 0 Å². The van der Waals surface area contributed by atoms with E-state index in [0.29, 0.717) is 0 Å². The van der Waals surface area contributed by atoms with Gasteiger partial charge in [-0.25, -0.2) is 0 Å². The molecule has 2 rings (SSSR count). The average Bonchev–Trinajstić information content (AvgIpc) is 2.49. The van der Waals surface area contributed by atoms with Gasteiger partial charge in [0.25, 0.3) is 0 Å². The molecule has 0 aliphatic heterocycles. The summed E-state index contributed by atoms with van der Waals surface area (Å²) in [5.41, 5.74) is 3.86. The van der Waals surface area contributed by atoms with Gasteiger partial charge in [0.2, 0.25) is 0 Å². The maximum atomic E-state index is 10.4. The zero-order chi connectivity index (χ0) is 14.0. The van der Waals surface area contributed by atoms with Crippen molar-refractivity contribution in [1.82, 2.24) is 0 Å². The molecule has 0 aromatic heterocycles. The van der Waals surface area contributed by atoms with Crippen molar-refractivity contribution in [1.29, 1.82) is 0 Å². The number of benzene rings is 2. The highest BCUT2D eigenvalue weighted by atomic mass is 16.1. The molecular weight excluding hydrogens is 244 g/mol. The summed E-state index contributed by atoms with van der Waals surface area (Å²) < 4.78 is 0. The van der Waals surface area contributed by atoms with E-state index in [1.165, 1.54) is 22.8 Å². The minimum atomic E-state index is 0.805. The van der Waals surface area contributed by atoms with Crippen LogP contribution < -0.4 is 0 Å². The third-order valence-electron chi connectivity index (χ3n) is 3.07. The first kappa shape index (κ1) is 14.0. The lowest BCUT2D eigenvalue weighted by molar-refractivity contribution is -0.104. The van der Waals surface area contributed by atoms with Crippen molar-refractivity contribution in [2.45, 2.75) is 12.8 Å². The summed E-state index contributed by atoms with van der Waals surface area (Å²) in [5, 5.41) is 0. The summed E-state index contributed by atoms with van der Waals surface area (Å²) in [5.74, 6) is 0. The highest BCUT2D eigenvalue weighted by Gasteiger charge is 2.01. The molecule has 0 fully saturated rings. The quantitative estimate of drug-likeness (QED) is 0.434. The van der Waals surface area contributed by atoms with E-state index in [4.69, 9.17) is 0 Å². The number of carbonyl (C=O) groups excluding carboxylic acids is 1. The van der Waals surface area contributed by atoms with Gasteiger partial charge in [-0.3, -0.25) is 4.79 Å². The molecule has 0 aliphatic rings. The highest BCUT2D eigenvalue weighted by Crippen LogP contribution is 2.14. The third kappa shape index (κ3) is 4.69. The summed E-state index contributed by atoms with van der Waals surface area (Å²) in [4.78, 5) is 10.4. The van der Waals surface area contributed by atoms with Crippen LogP contribution in [0.4, 0.5) is 0 Å². The molecule has 0 heterocycles. The van der Waals surface area contributed by atoms with Crippen molar-refractivity contribution in [3.05, 3.63) is 95.6 Å². The SMILES string of the molecule is O=CC=CC=C(Cc1ccccc1)Cc1ccccc1. The molecule has 0 N–H and O–H groups in total. The van der Waals surface area contributed by atoms with Crippen LogP contribution in [0.2, 0.25) is 0 Å². The second kappa shape index (κ2) is 7.90. The fraction of sp³-hybridized carbons (Fsp3) is 0.105. The van der Waals surface area contributed by atoms with Crippen LogP contribution in [0.5, 0.6) is 0 Å². The van der Waals surface area contributed by atoms with Crippen LogP contribution in [0.1, 0.15) is 11.1 Å². The summed E-state index contributed by atoms with van der Waals surface area (Å²) in [6.07, 6.45) is 7.98. The van der Waals surface area contributed by atoms with Gasteiger partial charge in [0.05, 0.1) is 0 Å². The number of hydrogen-bond donors (Lipinski definition) is 0. The zero-order valence-corrected chi connectivity index (χ0v) is 11.4. The van der Waals surface area contributed by atoms with Crippen LogP contribution in [-0.4, -0.2) is 6.29 Å². The molecular formula is C19H18O. The number of aldehydes is 1. The molecule has 0 amide bonds. The lowest BCUT2D eigenvalue weighted by atomic mass is 9.98. The molecule has 0 saturated carbocycles. The van der Waals surface area contributed by atoms with Gasteiger partial charge in [0.15, 0.2) is 0 Å². The van der Waals surface area contributed by atoms with Gasteiger partial charge in [-0.05, 0) is 30.0 Å². The summed E-state index contributed by atoms with van der Waals surface area (Å²) >= 11 is 0. The van der Waals surface area contributed by atoms with Crippen molar-refractivity contribution in [2.75, 3.05) is 0 Å². The molecule has 1 heteroatoms. The van der Waals surface area contributed by atoms with Gasteiger partial charge in [-0.1, -0.05) is 78.4 Å². The van der Waals surface area contributed by atoms with Crippen LogP contribution in [0.15, 0.2) is 84.5 Å². The predicted octanol–water partition coefficient (Wildman–Crippen LogP) is 4.15. The standard InChI is InChI=1S/C19H18O/c20-14-8-7-13-19(15-17-9-3-1-4-10-17)16-18-11-5-2-6-12-18/h1-14H,15-16H2. The number of rotatable bonds is 6. The molecule has 20 heavy (non-hydrogen) atoms. The second-order valence-electron chi connectivity index (χ2n) is 4.67. The molecule has 2 aromatic rings. The number of carbonyl (C=O) groups is 1. The van der Waals surface area contributed by atoms with Gasteiger partial charge in [-0.15, -0.1) is 0 Å². The first-order valence-electron chi connectivity index (χ1n) is 6.76. The van der Waals surface area contributed by atoms with Crippen LogP contribution in [0, 0.1) is 0 Å². The van der Waals surface area contributed by atoms with Gasteiger partial charge in [0, 0.05) is 0 Å². The topological polar surface area (TPSA) is 17.1 Å². The molecule has 0 radical (unpaired) electrons. The Hall–Kier alpha value is -2.41. The zero-order valence-electron chi connectivity index (χ0n) is 11.4. The van der Waals surface area contributed by atoms with Gasteiger partial charge < -0.3 is 0 Å². The van der Waals surface area contributed by atoms with E-state index in [-0.39, 0.29) is 0 Å². The maximum Gasteiger partial charge on any atom is 0.142 e. The number of allylic oxidation sites excluding steroid dienone is 4. The van der Waals surface area contributed by atoms with Crippen molar-refractivity contribution in [3.8, 4) is 0 Å². The largest absolute Gasteiger partial charge is 0.299 e. The van der Waals surface area contributed by atoms with E-state index in [9.17, 15) is 4.79 Å². The minimum absolute atomic E-state index is 0.805. The first-order chi connectivity index (χ1) is 9.88. The Balaban J connectivity index is 2.14. The van der Waals surface area contributed by atoms with Crippen LogP contribution in [0.3, 0.4) is 0 Å². The van der Waals surface area contributed by atoms with E-state index in [2.05, 4.69) is 48.5 Å². The number of hydrogen-bond acceptors (Lipinski definition) is 1. The van der Waals surface area contributed by atoms with Crippen LogP contribution >= 0.6 is 0 Å². The molecule has 0 saturated heterocycles. The molecule has 0 aliphatic carbocycles. The Bertz CT molecular complexity index is 536. The molecule has 100 valence electrons. The van der Waals surface area contributed by atoms with E-state index >= 15 is 0 Å². The summed E-state index contributed by atoms with van der Waals surface area (Å²) in [7, 11) is 0. The van der Waals surface area contributed by atoms with Crippen molar-refractivity contribution < 1.29 is 4.79 Å². The fourth-order valence-electron chi connectivity index (χ4n) is 2.13. The van der Waals surface area contributed by atoms with Crippen molar-refractivity contribution in [3.63, 3.8) is 0 Å². The second-order valence-corrected chi connectivity index (χ2v) is 4.67. The van der Waals surface area contributed by atoms with E-state index in [0.717, 1.165) is 19.1 Å². The summed E-state index contributed by atoms with van der Waals surface area (Å²) in [6, 6.07) is 20.8. The Morgan fingerprint density at radius 1 is 0.750 bits per heavy atom. The summed E-state index contributed by atoms with van der Waals surface area (Å²) in [6.45, 7) is 0. The van der Waals surface area contributed by atoms with Crippen LogP contribution in [0.25, 0.3) is 0 Å². The van der Waals surface area contributed by atoms with E-state index in [1.54, 1.807) is 0 Å². The normalized spacial score (nSPS) is 10.4. The lowest BCUT2D eigenvalue weighted by Crippen LogP contribution is -1.95. The Kier molecular flexibility index (Phi) is 5.53.